The topological polar surface area (TPSA) is 102 Å². The normalized spacial score (nSPS) is 11.5. The van der Waals surface area contributed by atoms with Crippen molar-refractivity contribution in [3.05, 3.63) is 65.9 Å². The smallest absolute Gasteiger partial charge is 0.266 e. The Hall–Kier alpha value is -3.17. The number of sulfonamides is 1. The van der Waals surface area contributed by atoms with Gasteiger partial charge in [0.05, 0.1) is 17.2 Å². The third kappa shape index (κ3) is 3.75. The molecule has 10 heteroatoms. The van der Waals surface area contributed by atoms with Gasteiger partial charge in [0.25, 0.3) is 10.0 Å². The highest BCUT2D eigenvalue weighted by Gasteiger charge is 2.20. The fourth-order valence-corrected chi connectivity index (χ4v) is 3.67. The number of nitrogens with zero attached hydrogens (tertiary/aromatic N) is 4. The molecule has 0 unspecified atom stereocenters. The van der Waals surface area contributed by atoms with Gasteiger partial charge in [-0.15, -0.1) is 0 Å². The molecule has 2 aromatic heterocycles. The molecule has 0 radical (unpaired) electrons. The molecular formula is C18H15ClN6O2S. The van der Waals surface area contributed by atoms with Crippen molar-refractivity contribution in [2.75, 3.05) is 10.0 Å². The molecule has 142 valence electrons. The number of aryl methyl sites for hydroxylation is 1. The molecule has 0 aliphatic carbocycles. The van der Waals surface area contributed by atoms with Gasteiger partial charge in [-0.05, 0) is 36.4 Å². The van der Waals surface area contributed by atoms with Crippen LogP contribution in [0.15, 0.2) is 65.8 Å². The van der Waals surface area contributed by atoms with Gasteiger partial charge in [-0.3, -0.25) is 9.40 Å². The van der Waals surface area contributed by atoms with Crippen LogP contribution in [-0.2, 0) is 17.1 Å². The third-order valence-corrected chi connectivity index (χ3v) is 5.45. The Morgan fingerprint density at radius 2 is 1.61 bits per heavy atom. The summed E-state index contributed by atoms with van der Waals surface area (Å²) in [6.45, 7) is 0. The molecule has 0 spiro atoms. The van der Waals surface area contributed by atoms with E-state index in [4.69, 9.17) is 11.6 Å². The van der Waals surface area contributed by atoms with E-state index in [0.717, 1.165) is 0 Å². The quantitative estimate of drug-likeness (QED) is 0.517. The Labute approximate surface area is 166 Å². The summed E-state index contributed by atoms with van der Waals surface area (Å²) >= 11 is 5.93. The predicted molar refractivity (Wildman–Crippen MR) is 108 cm³/mol. The first-order valence-electron chi connectivity index (χ1n) is 8.21. The summed E-state index contributed by atoms with van der Waals surface area (Å²) in [4.78, 5) is 8.99. The van der Waals surface area contributed by atoms with E-state index in [1.54, 1.807) is 43.4 Å². The maximum atomic E-state index is 12.7. The van der Waals surface area contributed by atoms with Gasteiger partial charge in [0, 0.05) is 24.0 Å². The molecule has 28 heavy (non-hydrogen) atoms. The van der Waals surface area contributed by atoms with Gasteiger partial charge in [0.15, 0.2) is 11.6 Å². The van der Waals surface area contributed by atoms with Crippen molar-refractivity contribution < 1.29 is 8.42 Å². The third-order valence-electron chi connectivity index (χ3n) is 3.90. The molecule has 0 amide bonds. The highest BCUT2D eigenvalue weighted by molar-refractivity contribution is 7.92. The van der Waals surface area contributed by atoms with Crippen molar-refractivity contribution in [3.63, 3.8) is 0 Å². The standard InChI is InChI=1S/C18H15ClN6O2S/c1-25-11-14(10-20-25)28(26,27)24-18-17(21-13-8-6-12(19)7-9-13)22-15-4-2-3-5-16(15)23-18/h2-11H,1H3,(H,21,22)(H,23,24). The van der Waals surface area contributed by atoms with Gasteiger partial charge in [-0.1, -0.05) is 23.7 Å². The van der Waals surface area contributed by atoms with Crippen LogP contribution < -0.4 is 10.0 Å². The SMILES string of the molecule is Cn1cc(S(=O)(=O)Nc2nc3ccccc3nc2Nc2ccc(Cl)cc2)cn1. The lowest BCUT2D eigenvalue weighted by Gasteiger charge is -2.13. The first-order chi connectivity index (χ1) is 13.4. The van der Waals surface area contributed by atoms with Crippen LogP contribution in [-0.4, -0.2) is 28.2 Å². The molecule has 2 N–H and O–H groups in total. The van der Waals surface area contributed by atoms with E-state index in [9.17, 15) is 8.42 Å². The van der Waals surface area contributed by atoms with Crippen LogP contribution in [0, 0.1) is 0 Å². The zero-order valence-corrected chi connectivity index (χ0v) is 16.2. The lowest BCUT2D eigenvalue weighted by molar-refractivity contribution is 0.601. The lowest BCUT2D eigenvalue weighted by Crippen LogP contribution is -2.15. The Kier molecular flexibility index (Phi) is 4.62. The molecule has 0 bridgehead atoms. The lowest BCUT2D eigenvalue weighted by atomic mass is 10.3. The average Bonchev–Trinajstić information content (AvgIpc) is 3.11. The molecular weight excluding hydrogens is 400 g/mol. The van der Waals surface area contributed by atoms with Crippen LogP contribution in [0.1, 0.15) is 0 Å². The number of anilines is 3. The van der Waals surface area contributed by atoms with Crippen molar-refractivity contribution in [1.29, 1.82) is 0 Å². The molecule has 2 aromatic carbocycles. The second kappa shape index (κ2) is 7.10. The molecule has 0 saturated carbocycles. The van der Waals surface area contributed by atoms with Crippen molar-refractivity contribution in [2.45, 2.75) is 4.90 Å². The number of rotatable bonds is 5. The van der Waals surface area contributed by atoms with Gasteiger partial charge in [0.1, 0.15) is 4.90 Å². The number of hydrogen-bond donors (Lipinski definition) is 2. The second-order valence-electron chi connectivity index (χ2n) is 6.00. The van der Waals surface area contributed by atoms with Crippen molar-refractivity contribution in [1.82, 2.24) is 19.7 Å². The Bertz CT molecular complexity index is 1250. The summed E-state index contributed by atoms with van der Waals surface area (Å²) < 4.78 is 29.4. The number of nitrogens with one attached hydrogen (secondary N) is 2. The number of hydrogen-bond acceptors (Lipinski definition) is 6. The Balaban J connectivity index is 1.77. The summed E-state index contributed by atoms with van der Waals surface area (Å²) in [7, 11) is -2.24. The number of benzene rings is 2. The van der Waals surface area contributed by atoms with Crippen molar-refractivity contribution in [3.8, 4) is 0 Å². The summed E-state index contributed by atoms with van der Waals surface area (Å²) in [5, 5.41) is 7.59. The van der Waals surface area contributed by atoms with Gasteiger partial charge in [-0.25, -0.2) is 18.4 Å². The number of para-hydroxylation sites is 2. The van der Waals surface area contributed by atoms with E-state index in [2.05, 4.69) is 25.1 Å². The predicted octanol–water partition coefficient (Wildman–Crippen LogP) is 3.56. The van der Waals surface area contributed by atoms with Gasteiger partial charge in [-0.2, -0.15) is 5.10 Å². The van der Waals surface area contributed by atoms with Crippen LogP contribution >= 0.6 is 11.6 Å². The molecule has 2 heterocycles. The van der Waals surface area contributed by atoms with Gasteiger partial charge >= 0.3 is 0 Å². The highest BCUT2D eigenvalue weighted by atomic mass is 35.5. The second-order valence-corrected chi connectivity index (χ2v) is 8.12. The van der Waals surface area contributed by atoms with E-state index in [1.165, 1.54) is 17.1 Å². The molecule has 4 aromatic rings. The van der Waals surface area contributed by atoms with Crippen LogP contribution in [0.4, 0.5) is 17.3 Å². The molecule has 0 atom stereocenters. The van der Waals surface area contributed by atoms with Gasteiger partial charge < -0.3 is 5.32 Å². The van der Waals surface area contributed by atoms with E-state index in [0.29, 0.717) is 21.7 Å². The monoisotopic (exact) mass is 414 g/mol. The average molecular weight is 415 g/mol. The first-order valence-corrected chi connectivity index (χ1v) is 10.1. The molecule has 0 aliphatic heterocycles. The van der Waals surface area contributed by atoms with E-state index >= 15 is 0 Å². The fourth-order valence-electron chi connectivity index (χ4n) is 2.55. The molecule has 0 aliphatic rings. The summed E-state index contributed by atoms with van der Waals surface area (Å²) in [6.07, 6.45) is 2.67. The van der Waals surface area contributed by atoms with E-state index in [1.807, 2.05) is 12.1 Å². The summed E-state index contributed by atoms with van der Waals surface area (Å²) in [5.41, 5.74) is 1.88. The fraction of sp³-hybridized carbons (Fsp3) is 0.0556. The van der Waals surface area contributed by atoms with E-state index in [-0.39, 0.29) is 16.5 Å². The maximum absolute atomic E-state index is 12.7. The van der Waals surface area contributed by atoms with Gasteiger partial charge in [0.2, 0.25) is 0 Å². The minimum atomic E-state index is -3.88. The number of fused-ring (bicyclic) bond motifs is 1. The Morgan fingerprint density at radius 1 is 0.964 bits per heavy atom. The van der Waals surface area contributed by atoms with E-state index < -0.39 is 10.0 Å². The highest BCUT2D eigenvalue weighted by Crippen LogP contribution is 2.27. The summed E-state index contributed by atoms with van der Waals surface area (Å²) in [6, 6.07) is 14.2. The molecule has 0 saturated heterocycles. The molecule has 8 nitrogen and oxygen atoms in total. The zero-order chi connectivity index (χ0) is 19.7. The largest absolute Gasteiger partial charge is 0.337 e. The first kappa shape index (κ1) is 18.2. The molecule has 4 rings (SSSR count). The maximum Gasteiger partial charge on any atom is 0.266 e. The minimum absolute atomic E-state index is 0.0300. The number of aromatic nitrogens is 4. The van der Waals surface area contributed by atoms with Crippen molar-refractivity contribution >= 4 is 50.0 Å². The van der Waals surface area contributed by atoms with Crippen molar-refractivity contribution in [2.24, 2.45) is 7.05 Å². The Morgan fingerprint density at radius 3 is 2.21 bits per heavy atom. The number of halogens is 1. The van der Waals surface area contributed by atoms with Crippen LogP contribution in [0.2, 0.25) is 5.02 Å². The van der Waals surface area contributed by atoms with Crippen LogP contribution in [0.5, 0.6) is 0 Å². The minimum Gasteiger partial charge on any atom is -0.337 e. The molecule has 0 fully saturated rings. The zero-order valence-electron chi connectivity index (χ0n) is 14.7. The summed E-state index contributed by atoms with van der Waals surface area (Å²) in [5.74, 6) is 0.353. The van der Waals surface area contributed by atoms with Crippen LogP contribution in [0.25, 0.3) is 11.0 Å². The van der Waals surface area contributed by atoms with Crippen LogP contribution in [0.3, 0.4) is 0 Å².